The molecule has 1 atom stereocenters. The van der Waals surface area contributed by atoms with Crippen molar-refractivity contribution in [3.63, 3.8) is 0 Å². The van der Waals surface area contributed by atoms with E-state index in [1.807, 2.05) is 6.92 Å². The fourth-order valence-electron chi connectivity index (χ4n) is 2.64. The molecule has 0 aliphatic rings. The Kier molecular flexibility index (Phi) is 13.7. The second kappa shape index (κ2) is 16.2. The lowest BCUT2D eigenvalue weighted by atomic mass is 10.0. The monoisotopic (exact) mass is 514 g/mol. The molecule has 1 unspecified atom stereocenters. The number of thiol groups is 1. The first-order valence-electron chi connectivity index (χ1n) is 10.5. The van der Waals surface area contributed by atoms with Gasteiger partial charge in [0.05, 0.1) is 11.7 Å². The molecule has 0 heterocycles. The van der Waals surface area contributed by atoms with Crippen molar-refractivity contribution in [3.05, 3.63) is 95.6 Å². The maximum Gasteiger partial charge on any atom is 0.296 e. The van der Waals surface area contributed by atoms with E-state index in [2.05, 4.69) is 40.6 Å². The van der Waals surface area contributed by atoms with Crippen LogP contribution in [-0.4, -0.2) is 42.1 Å². The van der Waals surface area contributed by atoms with Gasteiger partial charge >= 0.3 is 0 Å². The van der Waals surface area contributed by atoms with Gasteiger partial charge in [-0.15, -0.1) is 11.6 Å². The van der Waals surface area contributed by atoms with Crippen LogP contribution in [0.4, 0.5) is 11.4 Å². The summed E-state index contributed by atoms with van der Waals surface area (Å²) in [4.78, 5) is 48.3. The van der Waals surface area contributed by atoms with E-state index in [1.54, 1.807) is 48.5 Å². The number of nitrogens with one attached hydrogen (secondary N) is 2. The maximum absolute atomic E-state index is 12.9. The second-order valence-corrected chi connectivity index (χ2v) is 7.52. The number of quaternary nitrogens is 1. The molecule has 9 heteroatoms. The third-order valence-electron chi connectivity index (χ3n) is 4.33. The molecule has 7 nitrogen and oxygen atoms in total. The highest BCUT2D eigenvalue weighted by atomic mass is 35.5. The molecule has 0 saturated carbocycles. The van der Waals surface area contributed by atoms with Crippen LogP contribution >= 0.6 is 24.2 Å². The highest BCUT2D eigenvalue weighted by molar-refractivity contribution is 7.80. The fraction of sp³-hybridized carbons (Fsp3) is 0.154. The van der Waals surface area contributed by atoms with E-state index >= 15 is 0 Å². The zero-order valence-electron chi connectivity index (χ0n) is 19.5. The van der Waals surface area contributed by atoms with Gasteiger partial charge in [0, 0.05) is 34.5 Å². The third-order valence-corrected chi connectivity index (χ3v) is 4.95. The summed E-state index contributed by atoms with van der Waals surface area (Å²) in [6.45, 7) is 2.03. The van der Waals surface area contributed by atoms with Gasteiger partial charge in [-0.2, -0.15) is 12.6 Å². The smallest absolute Gasteiger partial charge is 0.296 e. The molecule has 0 aliphatic heterocycles. The van der Waals surface area contributed by atoms with Gasteiger partial charge in [0.15, 0.2) is 5.78 Å². The number of carbonyl (C=O) groups is 4. The molecule has 0 fully saturated rings. The minimum atomic E-state index is -0.857. The summed E-state index contributed by atoms with van der Waals surface area (Å²) >= 11 is 8.59. The Hall–Kier alpha value is -3.46. The standard InChI is InChI=1S/C22H16N2O4.C3H9NS.CH3Cl/c25-14-23-17-11-12-19(18(13-17)20(26)15-7-3-1-4-8-15)24-22(28)21(27)16-9-5-2-6-10-16;1-3(4)2-5;1-2/h1-14H,(H,23,25)(H,24,28);3,5H,2,4H2,1H3;1H3/p+1. The van der Waals surface area contributed by atoms with Gasteiger partial charge in [0.2, 0.25) is 6.41 Å². The van der Waals surface area contributed by atoms with Gasteiger partial charge in [0.25, 0.3) is 11.7 Å². The molecule has 5 N–H and O–H groups in total. The molecular formula is C26H29ClN3O4S+. The van der Waals surface area contributed by atoms with Crippen LogP contribution in [0.3, 0.4) is 0 Å². The normalized spacial score (nSPS) is 10.3. The lowest BCUT2D eigenvalue weighted by molar-refractivity contribution is -0.405. The fourth-order valence-corrected chi connectivity index (χ4v) is 2.64. The Morgan fingerprint density at radius 1 is 0.943 bits per heavy atom. The second-order valence-electron chi connectivity index (χ2n) is 7.15. The zero-order valence-corrected chi connectivity index (χ0v) is 21.2. The minimum Gasteiger partial charge on any atom is -0.355 e. The number of anilines is 2. The number of rotatable bonds is 8. The summed E-state index contributed by atoms with van der Waals surface area (Å²) < 4.78 is 0. The van der Waals surface area contributed by atoms with E-state index in [1.165, 1.54) is 36.7 Å². The number of hydrogen-bond acceptors (Lipinski definition) is 5. The number of Topliss-reactive ketones (excluding diaryl/α,β-unsaturated/α-hetero) is 1. The van der Waals surface area contributed by atoms with Gasteiger partial charge in [-0.25, -0.2) is 0 Å². The van der Waals surface area contributed by atoms with Gasteiger partial charge in [-0.05, 0) is 25.1 Å². The van der Waals surface area contributed by atoms with Crippen LogP contribution in [-0.2, 0) is 9.59 Å². The largest absolute Gasteiger partial charge is 0.355 e. The van der Waals surface area contributed by atoms with E-state index < -0.39 is 11.7 Å². The van der Waals surface area contributed by atoms with Gasteiger partial charge in [0.1, 0.15) is 0 Å². The SMILES string of the molecule is CC([NH3+])CS.CCl.O=CNc1ccc(NC(=O)C(=O)c2ccccc2)c(C(=O)c2ccccc2)c1. The summed E-state index contributed by atoms with van der Waals surface area (Å²) in [6, 6.07) is 21.6. The molecule has 0 bridgehead atoms. The molecule has 2 amide bonds. The van der Waals surface area contributed by atoms with Crippen LogP contribution in [0.15, 0.2) is 78.9 Å². The van der Waals surface area contributed by atoms with Crippen LogP contribution in [0.25, 0.3) is 0 Å². The predicted molar refractivity (Wildman–Crippen MR) is 143 cm³/mol. The Morgan fingerprint density at radius 3 is 1.94 bits per heavy atom. The molecule has 3 aromatic rings. The minimum absolute atomic E-state index is 0.160. The maximum atomic E-state index is 12.9. The Balaban J connectivity index is 0.000000779. The van der Waals surface area contributed by atoms with Crippen molar-refractivity contribution in [2.45, 2.75) is 13.0 Å². The number of benzene rings is 3. The van der Waals surface area contributed by atoms with Crippen molar-refractivity contribution in [2.24, 2.45) is 0 Å². The Morgan fingerprint density at radius 2 is 1.46 bits per heavy atom. The molecule has 184 valence electrons. The van der Waals surface area contributed by atoms with Crippen molar-refractivity contribution >= 4 is 59.5 Å². The van der Waals surface area contributed by atoms with Crippen molar-refractivity contribution in [3.8, 4) is 0 Å². The van der Waals surface area contributed by atoms with E-state index in [9.17, 15) is 19.2 Å². The Bertz CT molecular complexity index is 1110. The summed E-state index contributed by atoms with van der Waals surface area (Å²) in [6.07, 6.45) is 1.96. The highest BCUT2D eigenvalue weighted by Crippen LogP contribution is 2.24. The van der Waals surface area contributed by atoms with Crippen LogP contribution in [0.1, 0.15) is 33.2 Å². The van der Waals surface area contributed by atoms with E-state index in [0.29, 0.717) is 23.7 Å². The zero-order chi connectivity index (χ0) is 26.2. The number of ketones is 2. The number of alkyl halides is 1. The number of halogens is 1. The van der Waals surface area contributed by atoms with Gasteiger partial charge in [-0.1, -0.05) is 60.7 Å². The third kappa shape index (κ3) is 9.74. The summed E-state index contributed by atoms with van der Waals surface area (Å²) in [5.41, 5.74) is 5.07. The Labute approximate surface area is 215 Å². The van der Waals surface area contributed by atoms with Gasteiger partial charge in [-0.3, -0.25) is 19.2 Å². The molecule has 0 aliphatic carbocycles. The predicted octanol–water partition coefficient (Wildman–Crippen LogP) is 3.71. The van der Waals surface area contributed by atoms with E-state index in [4.69, 9.17) is 0 Å². The molecule has 3 rings (SSSR count). The van der Waals surface area contributed by atoms with Crippen molar-refractivity contribution in [1.82, 2.24) is 0 Å². The number of hydrogen-bond donors (Lipinski definition) is 4. The molecule has 0 radical (unpaired) electrons. The highest BCUT2D eigenvalue weighted by Gasteiger charge is 2.20. The van der Waals surface area contributed by atoms with Crippen molar-refractivity contribution in [2.75, 3.05) is 22.8 Å². The molecule has 3 aromatic carbocycles. The van der Waals surface area contributed by atoms with Crippen molar-refractivity contribution in [1.29, 1.82) is 0 Å². The molecule has 0 aromatic heterocycles. The molecular weight excluding hydrogens is 486 g/mol. The number of carbonyl (C=O) groups excluding carboxylic acids is 4. The lowest BCUT2D eigenvalue weighted by Gasteiger charge is -2.12. The number of amides is 2. The average molecular weight is 515 g/mol. The first-order valence-corrected chi connectivity index (χ1v) is 11.9. The van der Waals surface area contributed by atoms with Crippen LogP contribution in [0.5, 0.6) is 0 Å². The quantitative estimate of drug-likeness (QED) is 0.120. The molecule has 0 spiro atoms. The topological polar surface area (TPSA) is 120 Å². The van der Waals surface area contributed by atoms with Crippen LogP contribution in [0.2, 0.25) is 0 Å². The van der Waals surface area contributed by atoms with Crippen LogP contribution in [0, 0.1) is 0 Å². The lowest BCUT2D eigenvalue weighted by Crippen LogP contribution is -2.60. The first-order chi connectivity index (χ1) is 16.9. The summed E-state index contributed by atoms with van der Waals surface area (Å²) in [7, 11) is 0. The van der Waals surface area contributed by atoms with E-state index in [0.717, 1.165) is 5.75 Å². The summed E-state index contributed by atoms with van der Waals surface area (Å²) in [5, 5.41) is 4.97. The average Bonchev–Trinajstić information content (AvgIpc) is 2.91. The van der Waals surface area contributed by atoms with E-state index in [-0.39, 0.29) is 22.6 Å². The first kappa shape index (κ1) is 29.6. The van der Waals surface area contributed by atoms with Crippen molar-refractivity contribution < 1.29 is 24.9 Å². The summed E-state index contributed by atoms with van der Waals surface area (Å²) in [5.74, 6) is -1.03. The van der Waals surface area contributed by atoms with Gasteiger partial charge < -0.3 is 16.4 Å². The molecule has 35 heavy (non-hydrogen) atoms. The van der Waals surface area contributed by atoms with Crippen LogP contribution < -0.4 is 16.4 Å². The molecule has 0 saturated heterocycles.